The zero-order chi connectivity index (χ0) is 13.3. The van der Waals surface area contributed by atoms with Crippen LogP contribution in [0.15, 0.2) is 18.2 Å². The lowest BCUT2D eigenvalue weighted by atomic mass is 10.2. The minimum Gasteiger partial charge on any atom is -0.355 e. The lowest BCUT2D eigenvalue weighted by Gasteiger charge is -2.08. The highest BCUT2D eigenvalue weighted by atomic mass is 35.5. The maximum atomic E-state index is 11.8. The summed E-state index contributed by atoms with van der Waals surface area (Å²) in [6.45, 7) is 2.03. The van der Waals surface area contributed by atoms with Gasteiger partial charge in [-0.15, -0.1) is 0 Å². The van der Waals surface area contributed by atoms with Gasteiger partial charge in [-0.1, -0.05) is 18.5 Å². The summed E-state index contributed by atoms with van der Waals surface area (Å²) in [6.07, 6.45) is 0.915. The first-order chi connectivity index (χ1) is 8.52. The van der Waals surface area contributed by atoms with Crippen molar-refractivity contribution in [1.82, 2.24) is 5.32 Å². The summed E-state index contributed by atoms with van der Waals surface area (Å²) >= 11 is 6.00. The largest absolute Gasteiger partial charge is 0.355 e. The predicted molar refractivity (Wildman–Crippen MR) is 70.7 cm³/mol. The minimum absolute atomic E-state index is 0.0292. The Bertz CT molecular complexity index is 502. The van der Waals surface area contributed by atoms with Crippen LogP contribution in [0.1, 0.15) is 23.7 Å². The van der Waals surface area contributed by atoms with Gasteiger partial charge in [-0.05, 0) is 30.5 Å². The van der Waals surface area contributed by atoms with E-state index in [4.69, 9.17) is 11.6 Å². The van der Waals surface area contributed by atoms with Crippen LogP contribution in [-0.2, 0) is 4.79 Å². The molecular formula is C13H15ClN2O2. The van der Waals surface area contributed by atoms with E-state index in [1.54, 1.807) is 25.2 Å². The molecule has 1 aromatic carbocycles. The third-order valence-corrected chi connectivity index (χ3v) is 3.49. The van der Waals surface area contributed by atoms with E-state index in [9.17, 15) is 9.59 Å². The summed E-state index contributed by atoms with van der Waals surface area (Å²) in [4.78, 5) is 23.3. The average Bonchev–Trinajstić information content (AvgIpc) is 3.08. The first-order valence-electron chi connectivity index (χ1n) is 5.85. The van der Waals surface area contributed by atoms with Crippen molar-refractivity contribution in [2.45, 2.75) is 13.3 Å². The summed E-state index contributed by atoms with van der Waals surface area (Å²) < 4.78 is 0. The fourth-order valence-electron chi connectivity index (χ4n) is 1.82. The Morgan fingerprint density at radius 3 is 2.61 bits per heavy atom. The van der Waals surface area contributed by atoms with E-state index in [0.29, 0.717) is 22.2 Å². The van der Waals surface area contributed by atoms with Crippen LogP contribution < -0.4 is 10.6 Å². The highest BCUT2D eigenvalue weighted by Crippen LogP contribution is 2.39. The molecule has 0 radical (unpaired) electrons. The number of nitrogens with one attached hydrogen (secondary N) is 2. The number of carbonyl (C=O) groups is 2. The molecule has 4 nitrogen and oxygen atoms in total. The Labute approximate surface area is 111 Å². The van der Waals surface area contributed by atoms with E-state index in [1.165, 1.54) is 0 Å². The fourth-order valence-corrected chi connectivity index (χ4v) is 1.98. The molecule has 2 atom stereocenters. The van der Waals surface area contributed by atoms with E-state index >= 15 is 0 Å². The molecule has 2 N–H and O–H groups in total. The summed E-state index contributed by atoms with van der Waals surface area (Å²) in [7, 11) is 1.56. The van der Waals surface area contributed by atoms with Crippen molar-refractivity contribution in [3.05, 3.63) is 28.8 Å². The van der Waals surface area contributed by atoms with Gasteiger partial charge in [0.25, 0.3) is 5.91 Å². The molecule has 5 heteroatoms. The van der Waals surface area contributed by atoms with Crippen LogP contribution in [0, 0.1) is 11.8 Å². The average molecular weight is 267 g/mol. The van der Waals surface area contributed by atoms with Crippen LogP contribution >= 0.6 is 11.6 Å². The van der Waals surface area contributed by atoms with Gasteiger partial charge in [0.1, 0.15) is 0 Å². The van der Waals surface area contributed by atoms with Gasteiger partial charge in [-0.2, -0.15) is 0 Å². The Morgan fingerprint density at radius 2 is 2.06 bits per heavy atom. The number of halogens is 1. The molecule has 2 rings (SSSR count). The standard InChI is InChI=1S/C13H15ClN2O2/c1-7-5-9(7)13(18)16-11-6-8(12(17)15-2)3-4-10(11)14/h3-4,6-7,9H,5H2,1-2H3,(H,15,17)(H,16,18). The van der Waals surface area contributed by atoms with E-state index < -0.39 is 0 Å². The van der Waals surface area contributed by atoms with Crippen LogP contribution in [0.5, 0.6) is 0 Å². The minimum atomic E-state index is -0.207. The molecule has 18 heavy (non-hydrogen) atoms. The molecule has 0 saturated heterocycles. The zero-order valence-corrected chi connectivity index (χ0v) is 11.0. The maximum Gasteiger partial charge on any atom is 0.251 e. The van der Waals surface area contributed by atoms with Crippen molar-refractivity contribution in [2.75, 3.05) is 12.4 Å². The second kappa shape index (κ2) is 4.98. The molecule has 0 spiro atoms. The van der Waals surface area contributed by atoms with Gasteiger partial charge >= 0.3 is 0 Å². The lowest BCUT2D eigenvalue weighted by molar-refractivity contribution is -0.117. The third kappa shape index (κ3) is 2.64. The van der Waals surface area contributed by atoms with Gasteiger partial charge in [0.15, 0.2) is 0 Å². The van der Waals surface area contributed by atoms with E-state index in [1.807, 2.05) is 6.92 Å². The summed E-state index contributed by atoms with van der Waals surface area (Å²) in [5, 5.41) is 5.73. The van der Waals surface area contributed by atoms with Crippen molar-refractivity contribution in [3.63, 3.8) is 0 Å². The second-order valence-corrected chi connectivity index (χ2v) is 4.99. The SMILES string of the molecule is CNC(=O)c1ccc(Cl)c(NC(=O)C2CC2C)c1. The lowest BCUT2D eigenvalue weighted by Crippen LogP contribution is -2.19. The molecule has 1 saturated carbocycles. The van der Waals surface area contributed by atoms with Gasteiger partial charge < -0.3 is 10.6 Å². The van der Waals surface area contributed by atoms with Gasteiger partial charge in [0, 0.05) is 18.5 Å². The molecule has 0 bridgehead atoms. The maximum absolute atomic E-state index is 11.8. The Hall–Kier alpha value is -1.55. The number of amides is 2. The molecule has 1 aromatic rings. The number of anilines is 1. The normalized spacial score (nSPS) is 21.3. The summed E-state index contributed by atoms with van der Waals surface area (Å²) in [5.41, 5.74) is 0.961. The molecule has 2 amide bonds. The van der Waals surface area contributed by atoms with Crippen molar-refractivity contribution < 1.29 is 9.59 Å². The highest BCUT2D eigenvalue weighted by molar-refractivity contribution is 6.34. The Morgan fingerprint density at radius 1 is 1.39 bits per heavy atom. The highest BCUT2D eigenvalue weighted by Gasteiger charge is 2.39. The van der Waals surface area contributed by atoms with Crippen LogP contribution in [0.25, 0.3) is 0 Å². The monoisotopic (exact) mass is 266 g/mol. The third-order valence-electron chi connectivity index (χ3n) is 3.16. The smallest absolute Gasteiger partial charge is 0.251 e. The van der Waals surface area contributed by atoms with Gasteiger partial charge in [0.2, 0.25) is 5.91 Å². The van der Waals surface area contributed by atoms with Crippen LogP contribution in [0.4, 0.5) is 5.69 Å². The number of benzene rings is 1. The molecular weight excluding hydrogens is 252 g/mol. The second-order valence-electron chi connectivity index (χ2n) is 4.58. The van der Waals surface area contributed by atoms with Crippen molar-refractivity contribution in [3.8, 4) is 0 Å². The topological polar surface area (TPSA) is 58.2 Å². The van der Waals surface area contributed by atoms with Crippen molar-refractivity contribution in [2.24, 2.45) is 11.8 Å². The van der Waals surface area contributed by atoms with Gasteiger partial charge in [-0.25, -0.2) is 0 Å². The quantitative estimate of drug-likeness (QED) is 0.882. The summed E-state index contributed by atoms with van der Waals surface area (Å²) in [6, 6.07) is 4.82. The van der Waals surface area contributed by atoms with Gasteiger partial charge in [-0.3, -0.25) is 9.59 Å². The van der Waals surface area contributed by atoms with E-state index in [-0.39, 0.29) is 17.7 Å². The Kier molecular flexibility index (Phi) is 3.57. The molecule has 2 unspecified atom stereocenters. The Balaban J connectivity index is 2.16. The molecule has 0 aliphatic heterocycles. The van der Waals surface area contributed by atoms with Crippen molar-refractivity contribution >= 4 is 29.1 Å². The molecule has 1 aliphatic rings. The van der Waals surface area contributed by atoms with Crippen molar-refractivity contribution in [1.29, 1.82) is 0 Å². The number of rotatable bonds is 3. The molecule has 1 aliphatic carbocycles. The predicted octanol–water partition coefficient (Wildman–Crippen LogP) is 2.29. The molecule has 0 heterocycles. The first kappa shape index (κ1) is 12.9. The fraction of sp³-hybridized carbons (Fsp3) is 0.385. The molecule has 96 valence electrons. The first-order valence-corrected chi connectivity index (χ1v) is 6.23. The van der Waals surface area contributed by atoms with Crippen LogP contribution in [-0.4, -0.2) is 18.9 Å². The number of hydrogen-bond acceptors (Lipinski definition) is 2. The van der Waals surface area contributed by atoms with E-state index in [2.05, 4.69) is 10.6 Å². The number of hydrogen-bond donors (Lipinski definition) is 2. The van der Waals surface area contributed by atoms with Gasteiger partial charge in [0.05, 0.1) is 10.7 Å². The van der Waals surface area contributed by atoms with Crippen LogP contribution in [0.3, 0.4) is 0 Å². The summed E-state index contributed by atoms with van der Waals surface area (Å²) in [5.74, 6) is 0.274. The zero-order valence-electron chi connectivity index (χ0n) is 10.3. The molecule has 0 aromatic heterocycles. The van der Waals surface area contributed by atoms with Crippen LogP contribution in [0.2, 0.25) is 5.02 Å². The molecule has 1 fully saturated rings. The number of carbonyl (C=O) groups excluding carboxylic acids is 2. The van der Waals surface area contributed by atoms with E-state index in [0.717, 1.165) is 6.42 Å².